The summed E-state index contributed by atoms with van der Waals surface area (Å²) < 4.78 is 33.1. The largest absolute Gasteiger partial charge is 0.481 e. The van der Waals surface area contributed by atoms with E-state index >= 15 is 0 Å². The van der Waals surface area contributed by atoms with Gasteiger partial charge in [-0.3, -0.25) is 9.59 Å². The Kier molecular flexibility index (Phi) is 8.36. The highest BCUT2D eigenvalue weighted by Gasteiger charge is 2.39. The molecule has 2 N–H and O–H groups in total. The molecule has 1 saturated heterocycles. The first-order valence-corrected chi connectivity index (χ1v) is 15.6. The molecule has 2 atom stereocenters. The lowest BCUT2D eigenvalue weighted by molar-refractivity contribution is -0.143. The first kappa shape index (κ1) is 28.4. The third-order valence-electron chi connectivity index (χ3n) is 7.74. The Morgan fingerprint density at radius 2 is 1.85 bits per heavy atom. The first-order chi connectivity index (χ1) is 19.2. The minimum absolute atomic E-state index is 0.0123. The van der Waals surface area contributed by atoms with Crippen molar-refractivity contribution >= 4 is 48.7 Å². The number of ether oxygens (including phenoxy) is 1. The molecule has 2 unspecified atom stereocenters. The maximum absolute atomic E-state index is 13.6. The number of fused-ring (bicyclic) bond motifs is 1. The number of thiazole rings is 1. The highest BCUT2D eigenvalue weighted by molar-refractivity contribution is 7.89. The van der Waals surface area contributed by atoms with E-state index in [0.29, 0.717) is 45.8 Å². The number of carboxylic acids is 1. The monoisotopic (exact) mass is 587 g/mol. The lowest BCUT2D eigenvalue weighted by Gasteiger charge is -2.36. The highest BCUT2D eigenvalue weighted by Crippen LogP contribution is 2.36. The van der Waals surface area contributed by atoms with Gasteiger partial charge in [0.2, 0.25) is 21.8 Å². The molecule has 2 aromatic heterocycles. The summed E-state index contributed by atoms with van der Waals surface area (Å²) >= 11 is 1.26. The third-order valence-corrected chi connectivity index (χ3v) is 10.5. The summed E-state index contributed by atoms with van der Waals surface area (Å²) in [5.74, 6) is -1.01. The van der Waals surface area contributed by atoms with Crippen molar-refractivity contribution in [1.29, 1.82) is 0 Å². The van der Waals surface area contributed by atoms with Gasteiger partial charge in [0.25, 0.3) is 0 Å². The molecule has 2 aliphatic rings. The summed E-state index contributed by atoms with van der Waals surface area (Å²) in [5.41, 5.74) is 1.36. The molecule has 1 amide bonds. The topological polar surface area (TPSA) is 142 Å². The fourth-order valence-electron chi connectivity index (χ4n) is 5.53. The molecule has 2 fully saturated rings. The Balaban J connectivity index is 1.39. The summed E-state index contributed by atoms with van der Waals surface area (Å²) in [6.45, 7) is 0.649. The van der Waals surface area contributed by atoms with E-state index in [1.807, 2.05) is 0 Å². The number of carboxylic acid groups (broad SMARTS) is 1. The van der Waals surface area contributed by atoms with E-state index in [2.05, 4.69) is 15.3 Å². The van der Waals surface area contributed by atoms with Gasteiger partial charge in [-0.1, -0.05) is 49.2 Å². The van der Waals surface area contributed by atoms with Crippen molar-refractivity contribution in [1.82, 2.24) is 19.2 Å². The number of carbonyl (C=O) groups is 2. The van der Waals surface area contributed by atoms with Gasteiger partial charge < -0.3 is 20.1 Å². The van der Waals surface area contributed by atoms with Crippen molar-refractivity contribution in [2.24, 2.45) is 5.92 Å². The number of pyridine rings is 1. The van der Waals surface area contributed by atoms with Crippen molar-refractivity contribution in [3.63, 3.8) is 0 Å². The Hall–Kier alpha value is -3.13. The number of carbonyl (C=O) groups excluding carboxylic acids is 1. The highest BCUT2D eigenvalue weighted by atomic mass is 32.2. The molecule has 0 spiro atoms. The van der Waals surface area contributed by atoms with Crippen LogP contribution < -0.4 is 10.1 Å². The van der Waals surface area contributed by atoms with Gasteiger partial charge in [-0.2, -0.15) is 4.31 Å². The number of piperazine rings is 1. The van der Waals surface area contributed by atoms with Crippen LogP contribution in [0, 0.1) is 5.92 Å². The van der Waals surface area contributed by atoms with Gasteiger partial charge >= 0.3 is 5.97 Å². The van der Waals surface area contributed by atoms with Crippen LogP contribution in [0.4, 0.5) is 5.13 Å². The second kappa shape index (κ2) is 11.8. The normalized spacial score (nSPS) is 20.0. The number of aromatic nitrogens is 2. The van der Waals surface area contributed by atoms with Gasteiger partial charge in [0.1, 0.15) is 16.4 Å². The van der Waals surface area contributed by atoms with Gasteiger partial charge in [-0.05, 0) is 43.1 Å². The van der Waals surface area contributed by atoms with E-state index in [-0.39, 0.29) is 23.9 Å². The molecule has 3 aromatic rings. The number of hydrogen-bond donors (Lipinski definition) is 2. The molecular formula is C27H33N5O6S2. The summed E-state index contributed by atoms with van der Waals surface area (Å²) in [6.07, 6.45) is 5.03. The SMILES string of the molecule is COc1ccc2nc(NC(=O)C(CC3CCCC3)c3ccc(S(=O)(=O)N4CCN(C)CC4C(=O)O)cc3)sc2n1. The second-order valence-corrected chi connectivity index (χ2v) is 13.3. The number of amides is 1. The van der Waals surface area contributed by atoms with Gasteiger partial charge in [0.05, 0.1) is 17.9 Å². The quantitative estimate of drug-likeness (QED) is 0.385. The first-order valence-electron chi connectivity index (χ1n) is 13.3. The maximum Gasteiger partial charge on any atom is 0.323 e. The number of anilines is 1. The average molecular weight is 588 g/mol. The smallest absolute Gasteiger partial charge is 0.323 e. The van der Waals surface area contributed by atoms with Crippen molar-refractivity contribution < 1.29 is 27.9 Å². The minimum Gasteiger partial charge on any atom is -0.481 e. The van der Waals surface area contributed by atoms with Gasteiger partial charge in [-0.25, -0.2) is 18.4 Å². The number of likely N-dealkylation sites (N-methyl/N-ethyl adjacent to an activating group) is 1. The van der Waals surface area contributed by atoms with E-state index < -0.39 is 28.0 Å². The van der Waals surface area contributed by atoms with Crippen LogP contribution in [0.3, 0.4) is 0 Å². The Morgan fingerprint density at radius 3 is 2.52 bits per heavy atom. The van der Waals surface area contributed by atoms with Crippen molar-refractivity contribution in [2.75, 3.05) is 39.1 Å². The molecule has 1 aromatic carbocycles. The van der Waals surface area contributed by atoms with Crippen LogP contribution in [0.2, 0.25) is 0 Å². The summed E-state index contributed by atoms with van der Waals surface area (Å²) in [4.78, 5) is 36.8. The van der Waals surface area contributed by atoms with Crippen molar-refractivity contribution in [3.05, 3.63) is 42.0 Å². The van der Waals surface area contributed by atoms with Crippen LogP contribution in [-0.2, 0) is 19.6 Å². The lowest BCUT2D eigenvalue weighted by atomic mass is 9.87. The molecule has 1 saturated carbocycles. The van der Waals surface area contributed by atoms with E-state index in [1.54, 1.807) is 36.2 Å². The number of hydrogen-bond acceptors (Lipinski definition) is 9. The summed E-state index contributed by atoms with van der Waals surface area (Å²) in [6, 6.07) is 8.64. The van der Waals surface area contributed by atoms with E-state index in [0.717, 1.165) is 30.0 Å². The van der Waals surface area contributed by atoms with E-state index in [1.165, 1.54) is 30.6 Å². The molecule has 40 heavy (non-hydrogen) atoms. The minimum atomic E-state index is -4.03. The predicted molar refractivity (Wildman–Crippen MR) is 151 cm³/mol. The number of benzene rings is 1. The molecule has 1 aliphatic heterocycles. The van der Waals surface area contributed by atoms with Crippen LogP contribution in [0.5, 0.6) is 5.88 Å². The molecule has 214 valence electrons. The zero-order valence-electron chi connectivity index (χ0n) is 22.4. The van der Waals surface area contributed by atoms with Crippen LogP contribution in [0.25, 0.3) is 10.3 Å². The van der Waals surface area contributed by atoms with Crippen LogP contribution >= 0.6 is 11.3 Å². The van der Waals surface area contributed by atoms with E-state index in [4.69, 9.17) is 4.74 Å². The number of nitrogens with zero attached hydrogens (tertiary/aromatic N) is 4. The molecule has 11 nitrogen and oxygen atoms in total. The van der Waals surface area contributed by atoms with Gasteiger partial charge in [-0.15, -0.1) is 0 Å². The van der Waals surface area contributed by atoms with Crippen LogP contribution in [0.1, 0.15) is 43.6 Å². The van der Waals surface area contributed by atoms with Gasteiger partial charge in [0, 0.05) is 25.7 Å². The van der Waals surface area contributed by atoms with Crippen LogP contribution in [0.15, 0.2) is 41.3 Å². The molecule has 1 aliphatic carbocycles. The zero-order valence-corrected chi connectivity index (χ0v) is 24.1. The number of methoxy groups -OCH3 is 1. The summed E-state index contributed by atoms with van der Waals surface area (Å²) in [5, 5.41) is 13.0. The second-order valence-electron chi connectivity index (χ2n) is 10.4. The Labute approximate surface area is 237 Å². The number of nitrogens with one attached hydrogen (secondary N) is 1. The third kappa shape index (κ3) is 5.97. The molecule has 0 bridgehead atoms. The fourth-order valence-corrected chi connectivity index (χ4v) is 7.93. The van der Waals surface area contributed by atoms with Crippen molar-refractivity contribution in [2.45, 2.75) is 49.0 Å². The van der Waals surface area contributed by atoms with Crippen LogP contribution in [-0.4, -0.2) is 84.4 Å². The number of aliphatic carboxylic acids is 1. The predicted octanol–water partition coefficient (Wildman–Crippen LogP) is 3.39. The molecule has 0 radical (unpaired) electrons. The number of rotatable bonds is 9. The molecule has 5 rings (SSSR count). The molecular weight excluding hydrogens is 554 g/mol. The van der Waals surface area contributed by atoms with E-state index in [9.17, 15) is 23.1 Å². The zero-order chi connectivity index (χ0) is 28.4. The lowest BCUT2D eigenvalue weighted by Crippen LogP contribution is -2.57. The summed E-state index contributed by atoms with van der Waals surface area (Å²) in [7, 11) is -0.725. The van der Waals surface area contributed by atoms with Gasteiger partial charge in [0.15, 0.2) is 5.13 Å². The van der Waals surface area contributed by atoms with Crippen molar-refractivity contribution in [3.8, 4) is 5.88 Å². The number of sulfonamides is 1. The molecule has 13 heteroatoms. The fraction of sp³-hybridized carbons (Fsp3) is 0.481. The standard InChI is InChI=1S/C27H33N5O6S2/c1-31-13-14-32(22(16-31)26(34)35)40(36,37)19-9-7-18(8-10-19)20(15-17-5-3-4-6-17)24(33)30-27-28-21-11-12-23(38-2)29-25(21)39-27/h7-12,17,20,22H,3-6,13-16H2,1-2H3,(H,34,35)(H,28,30,33). The Morgan fingerprint density at radius 1 is 1.12 bits per heavy atom. The average Bonchev–Trinajstić information content (AvgIpc) is 3.60. The Bertz CT molecular complexity index is 1490. The maximum atomic E-state index is 13.6. The molecule has 3 heterocycles.